The van der Waals surface area contributed by atoms with Crippen molar-refractivity contribution in [2.45, 2.75) is 6.54 Å². The second-order valence-corrected chi connectivity index (χ2v) is 3.60. The van der Waals surface area contributed by atoms with Crippen molar-refractivity contribution in [1.29, 1.82) is 0 Å². The van der Waals surface area contributed by atoms with Gasteiger partial charge in [-0.1, -0.05) is 6.07 Å². The predicted molar refractivity (Wildman–Crippen MR) is 60.0 cm³/mol. The Morgan fingerprint density at radius 2 is 2.13 bits per heavy atom. The van der Waals surface area contributed by atoms with Crippen LogP contribution in [0.3, 0.4) is 0 Å². The Morgan fingerprint density at radius 1 is 1.47 bits per heavy atom. The average molecular weight is 209 g/mol. The predicted octanol–water partition coefficient (Wildman–Crippen LogP) is 1.70. The lowest BCUT2D eigenvalue weighted by molar-refractivity contribution is -0.384. The number of nitro benzene ring substituents is 1. The van der Waals surface area contributed by atoms with E-state index in [9.17, 15) is 10.1 Å². The highest BCUT2D eigenvalue weighted by Crippen LogP contribution is 2.25. The van der Waals surface area contributed by atoms with Crippen molar-refractivity contribution in [1.82, 2.24) is 4.90 Å². The van der Waals surface area contributed by atoms with Crippen LogP contribution in [0.5, 0.6) is 0 Å². The first-order valence-corrected chi connectivity index (χ1v) is 4.64. The summed E-state index contributed by atoms with van der Waals surface area (Å²) in [6.45, 7) is 0.699. The van der Waals surface area contributed by atoms with Crippen LogP contribution in [-0.2, 0) is 6.54 Å². The van der Waals surface area contributed by atoms with Crippen LogP contribution in [0.2, 0.25) is 0 Å². The molecule has 1 aromatic carbocycles. The molecule has 0 heterocycles. The summed E-state index contributed by atoms with van der Waals surface area (Å²) in [5.41, 5.74) is 1.60. The smallest absolute Gasteiger partial charge is 0.292 e. The van der Waals surface area contributed by atoms with Gasteiger partial charge in [-0.3, -0.25) is 10.1 Å². The van der Waals surface area contributed by atoms with Crippen molar-refractivity contribution >= 4 is 11.4 Å². The van der Waals surface area contributed by atoms with Crippen molar-refractivity contribution in [3.8, 4) is 0 Å². The molecule has 1 aromatic rings. The fraction of sp³-hybridized carbons (Fsp3) is 0.400. The number of hydrogen-bond donors (Lipinski definition) is 1. The minimum absolute atomic E-state index is 0.122. The third kappa shape index (κ3) is 2.92. The Morgan fingerprint density at radius 3 is 2.60 bits per heavy atom. The van der Waals surface area contributed by atoms with Gasteiger partial charge >= 0.3 is 0 Å². The highest BCUT2D eigenvalue weighted by Gasteiger charge is 2.13. The highest BCUT2D eigenvalue weighted by molar-refractivity contribution is 5.62. The molecule has 0 atom stereocenters. The normalized spacial score (nSPS) is 10.4. The van der Waals surface area contributed by atoms with Gasteiger partial charge in [0.15, 0.2) is 0 Å². The number of nitrogens with zero attached hydrogens (tertiary/aromatic N) is 2. The summed E-state index contributed by atoms with van der Waals surface area (Å²) in [4.78, 5) is 12.4. The first-order valence-electron chi connectivity index (χ1n) is 4.64. The van der Waals surface area contributed by atoms with Crippen LogP contribution in [0.15, 0.2) is 18.2 Å². The molecule has 0 unspecified atom stereocenters. The van der Waals surface area contributed by atoms with E-state index in [0.29, 0.717) is 12.2 Å². The van der Waals surface area contributed by atoms with E-state index in [0.717, 1.165) is 5.56 Å². The van der Waals surface area contributed by atoms with E-state index >= 15 is 0 Å². The minimum Gasteiger partial charge on any atom is -0.383 e. The zero-order valence-corrected chi connectivity index (χ0v) is 9.15. The number of benzene rings is 1. The Labute approximate surface area is 88.9 Å². The zero-order valence-electron chi connectivity index (χ0n) is 9.15. The lowest BCUT2D eigenvalue weighted by Gasteiger charge is -2.10. The molecular formula is C10H15N3O2. The molecule has 0 radical (unpaired) electrons. The fourth-order valence-corrected chi connectivity index (χ4v) is 1.40. The molecule has 0 aliphatic rings. The minimum atomic E-state index is -0.370. The van der Waals surface area contributed by atoms with Gasteiger partial charge in [0.05, 0.1) is 4.92 Å². The number of anilines is 1. The summed E-state index contributed by atoms with van der Waals surface area (Å²) in [5, 5.41) is 13.6. The largest absolute Gasteiger partial charge is 0.383 e. The summed E-state index contributed by atoms with van der Waals surface area (Å²) in [7, 11) is 5.53. The van der Waals surface area contributed by atoms with Gasteiger partial charge in [0.25, 0.3) is 5.69 Å². The monoisotopic (exact) mass is 209 g/mol. The molecule has 5 heteroatoms. The van der Waals surface area contributed by atoms with Gasteiger partial charge < -0.3 is 10.2 Å². The molecule has 0 saturated carbocycles. The van der Waals surface area contributed by atoms with Crippen molar-refractivity contribution in [2.75, 3.05) is 26.5 Å². The van der Waals surface area contributed by atoms with Crippen molar-refractivity contribution in [3.63, 3.8) is 0 Å². The molecule has 1 N–H and O–H groups in total. The summed E-state index contributed by atoms with van der Waals surface area (Å²) in [5.74, 6) is 0. The van der Waals surface area contributed by atoms with Crippen LogP contribution in [0.25, 0.3) is 0 Å². The molecule has 5 nitrogen and oxygen atoms in total. The van der Waals surface area contributed by atoms with E-state index in [1.165, 1.54) is 0 Å². The van der Waals surface area contributed by atoms with Crippen LogP contribution >= 0.6 is 0 Å². The summed E-state index contributed by atoms with van der Waals surface area (Å²) in [6, 6.07) is 5.22. The lowest BCUT2D eigenvalue weighted by atomic mass is 10.1. The summed E-state index contributed by atoms with van der Waals surface area (Å²) < 4.78 is 0. The molecule has 0 aromatic heterocycles. The number of rotatable bonds is 4. The van der Waals surface area contributed by atoms with E-state index in [1.807, 2.05) is 25.1 Å². The molecule has 0 saturated heterocycles. The van der Waals surface area contributed by atoms with Crippen LogP contribution in [0.4, 0.5) is 11.4 Å². The van der Waals surface area contributed by atoms with Crippen LogP contribution in [0, 0.1) is 10.1 Å². The van der Waals surface area contributed by atoms with Crippen LogP contribution in [-0.4, -0.2) is 31.0 Å². The highest BCUT2D eigenvalue weighted by atomic mass is 16.6. The molecule has 82 valence electrons. The van der Waals surface area contributed by atoms with E-state index in [4.69, 9.17) is 0 Å². The van der Waals surface area contributed by atoms with Crippen LogP contribution in [0.1, 0.15) is 5.56 Å². The third-order valence-electron chi connectivity index (χ3n) is 2.03. The Hall–Kier alpha value is -1.62. The van der Waals surface area contributed by atoms with Gasteiger partial charge in [0.1, 0.15) is 5.69 Å². The standard InChI is InChI=1S/C10H15N3O2/c1-11-9-5-4-8(7-12(2)3)6-10(9)13(14)15/h4-6,11H,7H2,1-3H3. The molecule has 0 fully saturated rings. The number of hydrogen-bond acceptors (Lipinski definition) is 4. The quantitative estimate of drug-likeness (QED) is 0.605. The number of nitrogens with one attached hydrogen (secondary N) is 1. The fourth-order valence-electron chi connectivity index (χ4n) is 1.40. The van der Waals surface area contributed by atoms with Gasteiger partial charge in [0, 0.05) is 19.7 Å². The molecule has 0 amide bonds. The maximum absolute atomic E-state index is 10.8. The molecule has 0 aliphatic carbocycles. The van der Waals surface area contributed by atoms with Crippen molar-refractivity contribution in [2.24, 2.45) is 0 Å². The van der Waals surface area contributed by atoms with E-state index < -0.39 is 0 Å². The van der Waals surface area contributed by atoms with Crippen LogP contribution < -0.4 is 5.32 Å². The summed E-state index contributed by atoms with van der Waals surface area (Å²) >= 11 is 0. The Kier molecular flexibility index (Phi) is 3.62. The van der Waals surface area contributed by atoms with Gasteiger partial charge in [-0.05, 0) is 25.7 Å². The third-order valence-corrected chi connectivity index (χ3v) is 2.03. The average Bonchev–Trinajstić information content (AvgIpc) is 2.16. The molecule has 0 bridgehead atoms. The Balaban J connectivity index is 3.05. The first kappa shape index (κ1) is 11.5. The topological polar surface area (TPSA) is 58.4 Å². The Bertz CT molecular complexity index is 364. The van der Waals surface area contributed by atoms with E-state index in [1.54, 1.807) is 19.2 Å². The maximum atomic E-state index is 10.8. The van der Waals surface area contributed by atoms with Gasteiger partial charge in [-0.2, -0.15) is 0 Å². The van der Waals surface area contributed by atoms with Gasteiger partial charge in [0.2, 0.25) is 0 Å². The number of nitro groups is 1. The molecule has 0 spiro atoms. The molecule has 1 rings (SSSR count). The second kappa shape index (κ2) is 4.75. The zero-order chi connectivity index (χ0) is 11.4. The van der Waals surface area contributed by atoms with Gasteiger partial charge in [-0.15, -0.1) is 0 Å². The van der Waals surface area contributed by atoms with E-state index in [2.05, 4.69) is 5.32 Å². The first-order chi connectivity index (χ1) is 7.04. The molecular weight excluding hydrogens is 194 g/mol. The lowest BCUT2D eigenvalue weighted by Crippen LogP contribution is -2.11. The molecule has 15 heavy (non-hydrogen) atoms. The van der Waals surface area contributed by atoms with Crippen molar-refractivity contribution in [3.05, 3.63) is 33.9 Å². The van der Waals surface area contributed by atoms with E-state index in [-0.39, 0.29) is 10.6 Å². The molecule has 0 aliphatic heterocycles. The maximum Gasteiger partial charge on any atom is 0.292 e. The summed E-state index contributed by atoms with van der Waals surface area (Å²) in [6.07, 6.45) is 0. The van der Waals surface area contributed by atoms with Crippen molar-refractivity contribution < 1.29 is 4.92 Å². The van der Waals surface area contributed by atoms with Gasteiger partial charge in [-0.25, -0.2) is 0 Å². The second-order valence-electron chi connectivity index (χ2n) is 3.60. The SMILES string of the molecule is CNc1ccc(CN(C)C)cc1[N+](=O)[O-].